The lowest BCUT2D eigenvalue weighted by Crippen LogP contribution is -2.41. The Morgan fingerprint density at radius 2 is 1.90 bits per heavy atom. The van der Waals surface area contributed by atoms with E-state index >= 15 is 0 Å². The molecule has 0 spiro atoms. The standard InChI is InChI=1S/C21H25N5O3S/c1-4-25-19(28)17-18(23-20(30-17)24-9-5-6-10-24)26(21(25)29)12-16(27)22-15-8-7-13(2)11-14(15)3/h7-8,11H,4-6,9-10,12H2,1-3H3,(H,22,27). The van der Waals surface area contributed by atoms with Crippen LogP contribution in [0.15, 0.2) is 27.8 Å². The first-order chi connectivity index (χ1) is 14.4. The summed E-state index contributed by atoms with van der Waals surface area (Å²) in [5.41, 5.74) is 2.20. The Bertz CT molecular complexity index is 1230. The zero-order valence-electron chi connectivity index (χ0n) is 17.4. The van der Waals surface area contributed by atoms with Gasteiger partial charge in [0.2, 0.25) is 5.91 Å². The largest absolute Gasteiger partial charge is 0.348 e. The van der Waals surface area contributed by atoms with Crippen LogP contribution >= 0.6 is 11.3 Å². The summed E-state index contributed by atoms with van der Waals surface area (Å²) in [5, 5.41) is 3.60. The lowest BCUT2D eigenvalue weighted by molar-refractivity contribution is -0.116. The summed E-state index contributed by atoms with van der Waals surface area (Å²) in [4.78, 5) is 45.3. The normalized spacial score (nSPS) is 13.9. The zero-order valence-corrected chi connectivity index (χ0v) is 18.2. The van der Waals surface area contributed by atoms with Crippen molar-refractivity contribution in [1.82, 2.24) is 14.1 Å². The number of nitrogens with one attached hydrogen (secondary N) is 1. The lowest BCUT2D eigenvalue weighted by Gasteiger charge is -2.13. The molecule has 3 aromatic rings. The Kier molecular flexibility index (Phi) is 5.46. The minimum Gasteiger partial charge on any atom is -0.348 e. The molecule has 1 aliphatic heterocycles. The summed E-state index contributed by atoms with van der Waals surface area (Å²) in [6, 6.07) is 5.76. The molecule has 3 heterocycles. The third-order valence-corrected chi connectivity index (χ3v) is 6.50. The Hall–Kier alpha value is -2.94. The van der Waals surface area contributed by atoms with Gasteiger partial charge in [0, 0.05) is 25.3 Å². The number of aryl methyl sites for hydroxylation is 2. The summed E-state index contributed by atoms with van der Waals surface area (Å²) < 4.78 is 2.89. The first-order valence-electron chi connectivity index (χ1n) is 10.1. The minimum atomic E-state index is -0.510. The molecule has 0 atom stereocenters. The second-order valence-corrected chi connectivity index (χ2v) is 8.61. The Morgan fingerprint density at radius 3 is 2.57 bits per heavy atom. The lowest BCUT2D eigenvalue weighted by atomic mass is 10.1. The first kappa shape index (κ1) is 20.3. The van der Waals surface area contributed by atoms with Gasteiger partial charge in [-0.1, -0.05) is 29.0 Å². The zero-order chi connectivity index (χ0) is 21.4. The van der Waals surface area contributed by atoms with Gasteiger partial charge in [-0.25, -0.2) is 9.78 Å². The van der Waals surface area contributed by atoms with Gasteiger partial charge in [0.25, 0.3) is 5.56 Å². The highest BCUT2D eigenvalue weighted by Gasteiger charge is 2.22. The van der Waals surface area contributed by atoms with Gasteiger partial charge in [-0.15, -0.1) is 0 Å². The number of thiazole rings is 1. The molecule has 1 aliphatic rings. The number of amides is 1. The molecule has 0 radical (unpaired) electrons. The van der Waals surface area contributed by atoms with Crippen LogP contribution in [0.3, 0.4) is 0 Å². The summed E-state index contributed by atoms with van der Waals surface area (Å²) >= 11 is 1.30. The van der Waals surface area contributed by atoms with Crippen molar-refractivity contribution in [3.8, 4) is 0 Å². The van der Waals surface area contributed by atoms with E-state index in [1.54, 1.807) is 6.92 Å². The fourth-order valence-corrected chi connectivity index (χ4v) is 4.89. The van der Waals surface area contributed by atoms with Gasteiger partial charge in [-0.2, -0.15) is 0 Å². The quantitative estimate of drug-likeness (QED) is 0.676. The molecule has 1 N–H and O–H groups in total. The van der Waals surface area contributed by atoms with Gasteiger partial charge < -0.3 is 10.2 Å². The second-order valence-electron chi connectivity index (χ2n) is 7.63. The highest BCUT2D eigenvalue weighted by molar-refractivity contribution is 7.22. The van der Waals surface area contributed by atoms with Crippen molar-refractivity contribution in [2.45, 2.75) is 46.7 Å². The Balaban J connectivity index is 1.74. The SMILES string of the molecule is CCn1c(=O)c2sc(N3CCCC3)nc2n(CC(=O)Nc2ccc(C)cc2C)c1=O. The fraction of sp³-hybridized carbons (Fsp3) is 0.429. The van der Waals surface area contributed by atoms with Gasteiger partial charge >= 0.3 is 5.69 Å². The molecule has 0 unspecified atom stereocenters. The van der Waals surface area contributed by atoms with Gasteiger partial charge in [0.05, 0.1) is 0 Å². The van der Waals surface area contributed by atoms with Crippen LogP contribution in [0, 0.1) is 13.8 Å². The fourth-order valence-electron chi connectivity index (χ4n) is 3.82. The molecule has 4 rings (SSSR count). The predicted octanol–water partition coefficient (Wildman–Crippen LogP) is 2.50. The molecule has 0 saturated carbocycles. The van der Waals surface area contributed by atoms with Crippen molar-refractivity contribution in [3.63, 3.8) is 0 Å². The average molecular weight is 428 g/mol. The molecule has 1 fully saturated rings. The van der Waals surface area contributed by atoms with Crippen LogP contribution in [0.2, 0.25) is 0 Å². The summed E-state index contributed by atoms with van der Waals surface area (Å²) in [5.74, 6) is -0.331. The van der Waals surface area contributed by atoms with E-state index in [1.165, 1.54) is 20.5 Å². The molecular weight excluding hydrogens is 402 g/mol. The van der Waals surface area contributed by atoms with Crippen molar-refractivity contribution in [1.29, 1.82) is 0 Å². The number of carbonyl (C=O) groups is 1. The Morgan fingerprint density at radius 1 is 1.17 bits per heavy atom. The maximum absolute atomic E-state index is 13.0. The van der Waals surface area contributed by atoms with E-state index in [4.69, 9.17) is 0 Å². The number of anilines is 2. The van der Waals surface area contributed by atoms with Crippen LogP contribution in [-0.4, -0.2) is 33.1 Å². The molecule has 9 heteroatoms. The number of nitrogens with zero attached hydrogens (tertiary/aromatic N) is 4. The van der Waals surface area contributed by atoms with Crippen molar-refractivity contribution in [3.05, 3.63) is 50.2 Å². The number of carbonyl (C=O) groups excluding carboxylic acids is 1. The highest BCUT2D eigenvalue weighted by atomic mass is 32.1. The van der Waals surface area contributed by atoms with E-state index in [2.05, 4.69) is 15.2 Å². The third kappa shape index (κ3) is 3.65. The molecular formula is C21H25N5O3S. The molecule has 30 heavy (non-hydrogen) atoms. The van der Waals surface area contributed by atoms with E-state index in [1.807, 2.05) is 32.0 Å². The topological polar surface area (TPSA) is 89.2 Å². The van der Waals surface area contributed by atoms with Gasteiger partial charge in [0.15, 0.2) is 10.8 Å². The number of hydrogen-bond donors (Lipinski definition) is 1. The number of fused-ring (bicyclic) bond motifs is 1. The van der Waals surface area contributed by atoms with E-state index in [0.29, 0.717) is 10.4 Å². The maximum Gasteiger partial charge on any atom is 0.333 e. The molecule has 2 aromatic heterocycles. The van der Waals surface area contributed by atoms with Crippen molar-refractivity contribution >= 4 is 38.4 Å². The number of benzene rings is 1. The van der Waals surface area contributed by atoms with Gasteiger partial charge in [0.1, 0.15) is 11.2 Å². The van der Waals surface area contributed by atoms with Crippen LogP contribution in [0.25, 0.3) is 10.3 Å². The number of rotatable bonds is 5. The first-order valence-corrected chi connectivity index (χ1v) is 11.0. The number of hydrogen-bond acceptors (Lipinski definition) is 6. The van der Waals surface area contributed by atoms with Crippen molar-refractivity contribution in [2.75, 3.05) is 23.3 Å². The second kappa shape index (κ2) is 8.06. The predicted molar refractivity (Wildman–Crippen MR) is 120 cm³/mol. The summed E-state index contributed by atoms with van der Waals surface area (Å²) in [6.07, 6.45) is 2.17. The van der Waals surface area contributed by atoms with Crippen molar-refractivity contribution in [2.24, 2.45) is 0 Å². The highest BCUT2D eigenvalue weighted by Crippen LogP contribution is 2.28. The van der Waals surface area contributed by atoms with Crippen LogP contribution in [0.4, 0.5) is 10.8 Å². The Labute approximate surface area is 177 Å². The molecule has 0 bridgehead atoms. The molecule has 1 aromatic carbocycles. The van der Waals surface area contributed by atoms with Gasteiger partial charge in [-0.3, -0.25) is 18.7 Å². The van der Waals surface area contributed by atoms with E-state index in [-0.39, 0.29) is 30.2 Å². The molecule has 1 saturated heterocycles. The summed E-state index contributed by atoms with van der Waals surface area (Å²) in [7, 11) is 0. The van der Waals surface area contributed by atoms with Crippen LogP contribution in [0.1, 0.15) is 30.9 Å². The van der Waals surface area contributed by atoms with Crippen molar-refractivity contribution < 1.29 is 4.79 Å². The maximum atomic E-state index is 13.0. The van der Waals surface area contributed by atoms with E-state index in [9.17, 15) is 14.4 Å². The smallest absolute Gasteiger partial charge is 0.333 e. The monoisotopic (exact) mass is 427 g/mol. The average Bonchev–Trinajstić information content (AvgIpc) is 3.37. The number of aromatic nitrogens is 3. The molecule has 0 aliphatic carbocycles. The van der Waals surface area contributed by atoms with E-state index in [0.717, 1.165) is 42.2 Å². The van der Waals surface area contributed by atoms with E-state index < -0.39 is 5.69 Å². The van der Waals surface area contributed by atoms with Crippen LogP contribution in [-0.2, 0) is 17.9 Å². The van der Waals surface area contributed by atoms with Gasteiger partial charge in [-0.05, 0) is 45.2 Å². The third-order valence-electron chi connectivity index (χ3n) is 5.41. The minimum absolute atomic E-state index is 0.202. The summed E-state index contributed by atoms with van der Waals surface area (Å²) in [6.45, 7) is 7.47. The van der Waals surface area contributed by atoms with Crippen LogP contribution in [0.5, 0.6) is 0 Å². The molecule has 8 nitrogen and oxygen atoms in total. The molecule has 158 valence electrons. The molecule has 1 amide bonds. The van der Waals surface area contributed by atoms with Crippen LogP contribution < -0.4 is 21.5 Å².